The number of likely N-dealkylation sites (tertiary alicyclic amines) is 1. The van der Waals surface area contributed by atoms with Crippen molar-refractivity contribution in [3.05, 3.63) is 54.2 Å². The average Bonchev–Trinajstić information content (AvgIpc) is 3.25. The second-order valence-corrected chi connectivity index (χ2v) is 10.3. The molecule has 3 aromatic rings. The third kappa shape index (κ3) is 6.35. The van der Waals surface area contributed by atoms with E-state index >= 15 is 0 Å². The first-order valence-corrected chi connectivity index (χ1v) is 13.4. The number of rotatable bonds is 10. The number of hydrogen-bond donors (Lipinski definition) is 1. The van der Waals surface area contributed by atoms with E-state index in [0.717, 1.165) is 47.3 Å². The molecule has 4 rings (SSSR count). The minimum Gasteiger partial charge on any atom is -0.493 e. The highest BCUT2D eigenvalue weighted by molar-refractivity contribution is 8.00. The fraction of sp³-hybridized carbons (Fsp3) is 0.429. The number of ether oxygens (including phenoxy) is 2. The molecule has 2 aromatic carbocycles. The molecule has 1 fully saturated rings. The van der Waals surface area contributed by atoms with E-state index in [-0.39, 0.29) is 11.8 Å². The van der Waals surface area contributed by atoms with Gasteiger partial charge in [-0.1, -0.05) is 31.2 Å². The normalized spacial score (nSPS) is 14.1. The first kappa shape index (κ1) is 25.9. The van der Waals surface area contributed by atoms with Crippen LogP contribution in [0.25, 0.3) is 10.9 Å². The van der Waals surface area contributed by atoms with Gasteiger partial charge in [0.1, 0.15) is 6.54 Å². The molecular weight excluding hydrogens is 474 g/mol. The van der Waals surface area contributed by atoms with Crippen LogP contribution in [-0.2, 0) is 22.6 Å². The predicted octanol–water partition coefficient (Wildman–Crippen LogP) is 4.37. The summed E-state index contributed by atoms with van der Waals surface area (Å²) in [6.45, 7) is 4.79. The number of thioether (sulfide) groups is 1. The van der Waals surface area contributed by atoms with Crippen molar-refractivity contribution in [2.45, 2.75) is 37.6 Å². The van der Waals surface area contributed by atoms with E-state index in [1.54, 1.807) is 14.2 Å². The summed E-state index contributed by atoms with van der Waals surface area (Å²) in [6.07, 6.45) is 4.85. The molecule has 7 nitrogen and oxygen atoms in total. The van der Waals surface area contributed by atoms with E-state index in [0.29, 0.717) is 42.7 Å². The van der Waals surface area contributed by atoms with Crippen LogP contribution in [0.3, 0.4) is 0 Å². The van der Waals surface area contributed by atoms with E-state index in [2.05, 4.69) is 18.3 Å². The van der Waals surface area contributed by atoms with Gasteiger partial charge >= 0.3 is 0 Å². The Kier molecular flexibility index (Phi) is 8.80. The molecule has 1 saturated heterocycles. The Morgan fingerprint density at radius 1 is 1.06 bits per heavy atom. The Balaban J connectivity index is 1.32. The number of piperidine rings is 1. The van der Waals surface area contributed by atoms with E-state index in [4.69, 9.17) is 9.47 Å². The van der Waals surface area contributed by atoms with Gasteiger partial charge in [0.15, 0.2) is 11.5 Å². The molecule has 1 N–H and O–H groups in total. The zero-order valence-electron chi connectivity index (χ0n) is 21.3. The Morgan fingerprint density at radius 2 is 1.81 bits per heavy atom. The second-order valence-electron chi connectivity index (χ2n) is 9.28. The maximum Gasteiger partial charge on any atom is 0.242 e. The maximum absolute atomic E-state index is 12.9. The molecule has 8 heteroatoms. The van der Waals surface area contributed by atoms with Gasteiger partial charge in [0.2, 0.25) is 11.8 Å². The molecule has 1 aromatic heterocycles. The molecule has 1 aliphatic heterocycles. The third-order valence-corrected chi connectivity index (χ3v) is 7.78. The van der Waals surface area contributed by atoms with Crippen molar-refractivity contribution >= 4 is 34.5 Å². The fourth-order valence-corrected chi connectivity index (χ4v) is 5.46. The lowest BCUT2D eigenvalue weighted by atomic mass is 9.99. The molecule has 0 saturated carbocycles. The topological polar surface area (TPSA) is 72.8 Å². The summed E-state index contributed by atoms with van der Waals surface area (Å²) in [7, 11) is 3.22. The molecule has 0 bridgehead atoms. The highest BCUT2D eigenvalue weighted by Gasteiger charge is 2.21. The lowest BCUT2D eigenvalue weighted by molar-refractivity contribution is -0.133. The van der Waals surface area contributed by atoms with Crippen molar-refractivity contribution in [1.29, 1.82) is 0 Å². The molecule has 0 aliphatic carbocycles. The number of nitrogens with one attached hydrogen (secondary N) is 1. The highest BCUT2D eigenvalue weighted by atomic mass is 32.2. The number of benzene rings is 2. The minimum absolute atomic E-state index is 0.0178. The van der Waals surface area contributed by atoms with E-state index in [1.807, 2.05) is 52.1 Å². The van der Waals surface area contributed by atoms with Crippen molar-refractivity contribution in [3.8, 4) is 11.5 Å². The van der Waals surface area contributed by atoms with Crippen LogP contribution >= 0.6 is 11.8 Å². The van der Waals surface area contributed by atoms with Crippen molar-refractivity contribution in [3.63, 3.8) is 0 Å². The van der Waals surface area contributed by atoms with Crippen molar-refractivity contribution in [2.75, 3.05) is 39.6 Å². The number of aromatic nitrogens is 1. The minimum atomic E-state index is -0.0178. The number of amides is 2. The predicted molar refractivity (Wildman–Crippen MR) is 144 cm³/mol. The highest BCUT2D eigenvalue weighted by Crippen LogP contribution is 2.30. The Bertz CT molecular complexity index is 1200. The van der Waals surface area contributed by atoms with Crippen LogP contribution in [0.1, 0.15) is 25.3 Å². The second kappa shape index (κ2) is 12.2. The summed E-state index contributed by atoms with van der Waals surface area (Å²) in [5.74, 6) is 2.52. The molecule has 0 radical (unpaired) electrons. The van der Waals surface area contributed by atoms with E-state index < -0.39 is 0 Å². The summed E-state index contributed by atoms with van der Waals surface area (Å²) < 4.78 is 12.6. The molecule has 0 unspecified atom stereocenters. The summed E-state index contributed by atoms with van der Waals surface area (Å²) in [4.78, 5) is 28.5. The Labute approximate surface area is 217 Å². The Hall–Kier alpha value is -3.13. The van der Waals surface area contributed by atoms with Crippen molar-refractivity contribution in [2.24, 2.45) is 5.92 Å². The number of hydrogen-bond acceptors (Lipinski definition) is 5. The van der Waals surface area contributed by atoms with Gasteiger partial charge < -0.3 is 24.3 Å². The van der Waals surface area contributed by atoms with Crippen LogP contribution in [0.4, 0.5) is 0 Å². The number of carbonyl (C=O) groups is 2. The zero-order chi connectivity index (χ0) is 25.5. The standard InChI is InChI=1S/C28H35N3O4S/c1-20-11-14-30(15-12-20)28(33)18-31-17-26(22-6-4-5-7-23(22)31)36-19-27(32)29-13-10-21-8-9-24(34-2)25(16-21)35-3/h4-9,16-17,20H,10-15,18-19H2,1-3H3,(H,29,32). The van der Waals surface area contributed by atoms with Crippen LogP contribution in [0.2, 0.25) is 0 Å². The number of fused-ring (bicyclic) bond motifs is 1. The van der Waals surface area contributed by atoms with Gasteiger partial charge in [0, 0.05) is 41.6 Å². The number of para-hydroxylation sites is 1. The molecule has 0 atom stereocenters. The summed E-state index contributed by atoms with van der Waals surface area (Å²) in [6, 6.07) is 13.8. The van der Waals surface area contributed by atoms with Crippen LogP contribution in [0.15, 0.2) is 53.6 Å². The van der Waals surface area contributed by atoms with Gasteiger partial charge in [0.25, 0.3) is 0 Å². The molecule has 192 valence electrons. The van der Waals surface area contributed by atoms with E-state index in [1.165, 1.54) is 11.8 Å². The van der Waals surface area contributed by atoms with Crippen LogP contribution in [0.5, 0.6) is 11.5 Å². The van der Waals surface area contributed by atoms with Gasteiger partial charge in [-0.25, -0.2) is 0 Å². The van der Waals surface area contributed by atoms with Gasteiger partial charge in [0.05, 0.1) is 20.0 Å². The zero-order valence-corrected chi connectivity index (χ0v) is 22.1. The molecule has 2 heterocycles. The number of carbonyl (C=O) groups excluding carboxylic acids is 2. The number of nitrogens with zero attached hydrogens (tertiary/aromatic N) is 2. The smallest absolute Gasteiger partial charge is 0.242 e. The van der Waals surface area contributed by atoms with Gasteiger partial charge in [-0.15, -0.1) is 11.8 Å². The van der Waals surface area contributed by atoms with Gasteiger partial charge in [-0.2, -0.15) is 0 Å². The summed E-state index contributed by atoms with van der Waals surface area (Å²) in [5.41, 5.74) is 2.09. The Morgan fingerprint density at radius 3 is 2.56 bits per heavy atom. The first-order valence-electron chi connectivity index (χ1n) is 12.4. The summed E-state index contributed by atoms with van der Waals surface area (Å²) in [5, 5.41) is 4.07. The largest absolute Gasteiger partial charge is 0.493 e. The maximum atomic E-state index is 12.9. The van der Waals surface area contributed by atoms with Crippen molar-refractivity contribution < 1.29 is 19.1 Å². The van der Waals surface area contributed by atoms with Gasteiger partial charge in [-0.3, -0.25) is 9.59 Å². The van der Waals surface area contributed by atoms with Gasteiger partial charge in [-0.05, 0) is 48.9 Å². The van der Waals surface area contributed by atoms with Crippen molar-refractivity contribution in [1.82, 2.24) is 14.8 Å². The molecule has 36 heavy (non-hydrogen) atoms. The first-order chi connectivity index (χ1) is 17.5. The van der Waals surface area contributed by atoms with E-state index in [9.17, 15) is 9.59 Å². The lowest BCUT2D eigenvalue weighted by Gasteiger charge is -2.30. The molecule has 2 amide bonds. The lowest BCUT2D eigenvalue weighted by Crippen LogP contribution is -2.39. The van der Waals surface area contributed by atoms with Crippen LogP contribution < -0.4 is 14.8 Å². The third-order valence-electron chi connectivity index (χ3n) is 6.74. The number of methoxy groups -OCH3 is 2. The average molecular weight is 510 g/mol. The van der Waals surface area contributed by atoms with Crippen LogP contribution in [0, 0.1) is 5.92 Å². The quantitative estimate of drug-likeness (QED) is 0.411. The monoisotopic (exact) mass is 509 g/mol. The summed E-state index contributed by atoms with van der Waals surface area (Å²) >= 11 is 1.50. The van der Waals surface area contributed by atoms with Crippen LogP contribution in [-0.4, -0.2) is 60.9 Å². The molecular formula is C28H35N3O4S. The fourth-order valence-electron chi connectivity index (χ4n) is 4.54. The molecule has 1 aliphatic rings. The SMILES string of the molecule is COc1ccc(CCNC(=O)CSc2cn(CC(=O)N3CCC(C)CC3)c3ccccc23)cc1OC. The molecule has 0 spiro atoms.